The van der Waals surface area contributed by atoms with E-state index in [1.807, 2.05) is 51.2 Å². The highest BCUT2D eigenvalue weighted by Crippen LogP contribution is 2.22. The molecule has 1 N–H and O–H groups in total. The van der Waals surface area contributed by atoms with Gasteiger partial charge in [0, 0.05) is 24.5 Å². The number of benzene rings is 2. The lowest BCUT2D eigenvalue weighted by molar-refractivity contribution is -0.116. The highest BCUT2D eigenvalue weighted by Gasteiger charge is 2.16. The third kappa shape index (κ3) is 4.92. The minimum Gasteiger partial charge on any atom is -0.332 e. The van der Waals surface area contributed by atoms with Gasteiger partial charge in [-0.25, -0.2) is 4.68 Å². The number of likely N-dealkylation sites (N-methyl/N-ethyl adjacent to an activating group) is 1. The number of aryl methyl sites for hydroxylation is 3. The summed E-state index contributed by atoms with van der Waals surface area (Å²) in [6, 6.07) is 11.2. The minimum absolute atomic E-state index is 0.0283. The molecule has 1 heterocycles. The van der Waals surface area contributed by atoms with Crippen molar-refractivity contribution in [1.82, 2.24) is 14.7 Å². The first-order chi connectivity index (χ1) is 13.7. The van der Waals surface area contributed by atoms with Crippen LogP contribution in [0.4, 0.5) is 5.69 Å². The van der Waals surface area contributed by atoms with Crippen LogP contribution < -0.4 is 5.32 Å². The first-order valence-electron chi connectivity index (χ1n) is 9.18. The summed E-state index contributed by atoms with van der Waals surface area (Å²) in [6.07, 6.45) is 3.53. The van der Waals surface area contributed by atoms with Crippen LogP contribution in [0.5, 0.6) is 0 Å². The zero-order valence-electron chi connectivity index (χ0n) is 16.9. The lowest BCUT2D eigenvalue weighted by atomic mass is 10.1. The quantitative estimate of drug-likeness (QED) is 0.625. The largest absolute Gasteiger partial charge is 0.332 e. The Kier molecular flexibility index (Phi) is 6.17. The van der Waals surface area contributed by atoms with Crippen molar-refractivity contribution in [2.75, 3.05) is 18.9 Å². The van der Waals surface area contributed by atoms with E-state index in [2.05, 4.69) is 26.3 Å². The standard InChI is InChI=1S/C22H23BrN4O2/c1-14-9-15(2)21(16(3)10-14)25-20(28)13-26(4)22(29)17-5-7-19(8-6-17)27-12-18(23)11-24-27/h5-12H,13H2,1-4H3,(H,25,28). The first-order valence-corrected chi connectivity index (χ1v) is 9.97. The highest BCUT2D eigenvalue weighted by molar-refractivity contribution is 9.10. The molecule has 2 amide bonds. The van der Waals surface area contributed by atoms with Gasteiger partial charge in [0.25, 0.3) is 5.91 Å². The maximum absolute atomic E-state index is 12.7. The Morgan fingerprint density at radius 2 is 1.72 bits per heavy atom. The second-order valence-electron chi connectivity index (χ2n) is 7.13. The van der Waals surface area contributed by atoms with Gasteiger partial charge < -0.3 is 10.2 Å². The van der Waals surface area contributed by atoms with Crippen LogP contribution in [-0.4, -0.2) is 40.1 Å². The zero-order chi connectivity index (χ0) is 21.1. The van der Waals surface area contributed by atoms with Crippen molar-refractivity contribution in [1.29, 1.82) is 0 Å². The summed E-state index contributed by atoms with van der Waals surface area (Å²) >= 11 is 3.36. The Bertz CT molecular complexity index is 1030. The van der Waals surface area contributed by atoms with Gasteiger partial charge in [-0.1, -0.05) is 17.7 Å². The number of anilines is 1. The van der Waals surface area contributed by atoms with Gasteiger partial charge in [0.2, 0.25) is 5.91 Å². The fourth-order valence-electron chi connectivity index (χ4n) is 3.26. The summed E-state index contributed by atoms with van der Waals surface area (Å²) in [5, 5.41) is 7.14. The molecule has 0 fully saturated rings. The average molecular weight is 455 g/mol. The van der Waals surface area contributed by atoms with Crippen molar-refractivity contribution < 1.29 is 9.59 Å². The Labute approximate surface area is 178 Å². The average Bonchev–Trinajstić information content (AvgIpc) is 3.10. The van der Waals surface area contributed by atoms with E-state index in [-0.39, 0.29) is 18.4 Å². The highest BCUT2D eigenvalue weighted by atomic mass is 79.9. The molecule has 0 spiro atoms. The van der Waals surface area contributed by atoms with E-state index in [9.17, 15) is 9.59 Å². The number of aromatic nitrogens is 2. The lowest BCUT2D eigenvalue weighted by Crippen LogP contribution is -2.35. The minimum atomic E-state index is -0.228. The molecule has 0 saturated heterocycles. The molecule has 3 aromatic rings. The molecule has 0 saturated carbocycles. The van der Waals surface area contributed by atoms with E-state index in [1.54, 1.807) is 30.1 Å². The summed E-state index contributed by atoms with van der Waals surface area (Å²) in [4.78, 5) is 26.6. The van der Waals surface area contributed by atoms with Gasteiger partial charge in [-0.3, -0.25) is 9.59 Å². The van der Waals surface area contributed by atoms with Crippen LogP contribution in [0, 0.1) is 20.8 Å². The molecule has 2 aromatic carbocycles. The molecule has 0 aliphatic carbocycles. The molecule has 1 aromatic heterocycles. The molecule has 7 heteroatoms. The summed E-state index contributed by atoms with van der Waals surface area (Å²) in [7, 11) is 1.62. The number of halogens is 1. The molecular weight excluding hydrogens is 432 g/mol. The number of hydrogen-bond donors (Lipinski definition) is 1. The number of carbonyl (C=O) groups is 2. The van der Waals surface area contributed by atoms with Crippen molar-refractivity contribution >= 4 is 33.4 Å². The third-order valence-electron chi connectivity index (χ3n) is 4.60. The Hall–Kier alpha value is -2.93. The fourth-order valence-corrected chi connectivity index (χ4v) is 3.55. The number of hydrogen-bond acceptors (Lipinski definition) is 3. The van der Waals surface area contributed by atoms with Gasteiger partial charge in [0.05, 0.1) is 22.9 Å². The van der Waals surface area contributed by atoms with E-state index in [4.69, 9.17) is 0 Å². The Balaban J connectivity index is 1.65. The maximum Gasteiger partial charge on any atom is 0.254 e. The second kappa shape index (κ2) is 8.61. The van der Waals surface area contributed by atoms with E-state index >= 15 is 0 Å². The lowest BCUT2D eigenvalue weighted by Gasteiger charge is -2.18. The summed E-state index contributed by atoms with van der Waals surface area (Å²) in [5.74, 6) is -0.445. The van der Waals surface area contributed by atoms with Crippen molar-refractivity contribution in [2.45, 2.75) is 20.8 Å². The van der Waals surface area contributed by atoms with Crippen LogP contribution >= 0.6 is 15.9 Å². The topological polar surface area (TPSA) is 67.2 Å². The van der Waals surface area contributed by atoms with E-state index in [1.165, 1.54) is 4.90 Å². The molecule has 0 radical (unpaired) electrons. The summed E-state index contributed by atoms with van der Waals surface area (Å²) in [6.45, 7) is 5.92. The normalized spacial score (nSPS) is 10.7. The van der Waals surface area contributed by atoms with E-state index in [0.29, 0.717) is 5.56 Å². The predicted molar refractivity (Wildman–Crippen MR) is 118 cm³/mol. The smallest absolute Gasteiger partial charge is 0.254 e. The molecule has 0 bridgehead atoms. The van der Waals surface area contributed by atoms with Crippen LogP contribution in [0.1, 0.15) is 27.0 Å². The summed E-state index contributed by atoms with van der Waals surface area (Å²) in [5.41, 5.74) is 5.32. The van der Waals surface area contributed by atoms with Crippen LogP contribution in [0.25, 0.3) is 5.69 Å². The molecule has 0 atom stereocenters. The monoisotopic (exact) mass is 454 g/mol. The Morgan fingerprint density at radius 3 is 2.28 bits per heavy atom. The molecule has 3 rings (SSSR count). The number of nitrogens with one attached hydrogen (secondary N) is 1. The van der Waals surface area contributed by atoms with Gasteiger partial charge in [0.1, 0.15) is 0 Å². The van der Waals surface area contributed by atoms with Crippen molar-refractivity contribution in [3.05, 3.63) is 75.5 Å². The van der Waals surface area contributed by atoms with Gasteiger partial charge in [-0.05, 0) is 72.1 Å². The van der Waals surface area contributed by atoms with Crippen LogP contribution in [0.15, 0.2) is 53.3 Å². The van der Waals surface area contributed by atoms with Crippen molar-refractivity contribution in [3.63, 3.8) is 0 Å². The number of nitrogens with zero attached hydrogens (tertiary/aromatic N) is 3. The van der Waals surface area contributed by atoms with Gasteiger partial charge >= 0.3 is 0 Å². The van der Waals surface area contributed by atoms with Crippen molar-refractivity contribution in [2.24, 2.45) is 0 Å². The SMILES string of the molecule is Cc1cc(C)c(NC(=O)CN(C)C(=O)c2ccc(-n3cc(Br)cn3)cc2)c(C)c1. The van der Waals surface area contributed by atoms with Crippen LogP contribution in [0.3, 0.4) is 0 Å². The van der Waals surface area contributed by atoms with E-state index < -0.39 is 0 Å². The number of carbonyl (C=O) groups excluding carboxylic acids is 2. The van der Waals surface area contributed by atoms with Gasteiger partial charge in [0.15, 0.2) is 0 Å². The van der Waals surface area contributed by atoms with Gasteiger partial charge in [-0.15, -0.1) is 0 Å². The second-order valence-corrected chi connectivity index (χ2v) is 8.05. The third-order valence-corrected chi connectivity index (χ3v) is 5.01. The molecular formula is C22H23BrN4O2. The summed E-state index contributed by atoms with van der Waals surface area (Å²) < 4.78 is 2.59. The molecule has 29 heavy (non-hydrogen) atoms. The molecule has 0 aliphatic rings. The molecule has 0 unspecified atom stereocenters. The molecule has 6 nitrogen and oxygen atoms in total. The van der Waals surface area contributed by atoms with Crippen molar-refractivity contribution in [3.8, 4) is 5.69 Å². The Morgan fingerprint density at radius 1 is 1.10 bits per heavy atom. The maximum atomic E-state index is 12.7. The fraction of sp³-hybridized carbons (Fsp3) is 0.227. The number of amides is 2. The zero-order valence-corrected chi connectivity index (χ0v) is 18.4. The predicted octanol–water partition coefficient (Wildman–Crippen LogP) is 4.27. The first kappa shape index (κ1) is 20.8. The van der Waals surface area contributed by atoms with Crippen LogP contribution in [-0.2, 0) is 4.79 Å². The molecule has 0 aliphatic heterocycles. The van der Waals surface area contributed by atoms with E-state index in [0.717, 1.165) is 32.5 Å². The molecule has 150 valence electrons. The number of rotatable bonds is 5. The van der Waals surface area contributed by atoms with Crippen LogP contribution in [0.2, 0.25) is 0 Å². The van der Waals surface area contributed by atoms with Gasteiger partial charge in [-0.2, -0.15) is 5.10 Å².